The molecule has 2 aliphatic rings. The van der Waals surface area contributed by atoms with Gasteiger partial charge in [0.25, 0.3) is 0 Å². The van der Waals surface area contributed by atoms with E-state index in [1.165, 1.54) is 4.90 Å². The Balaban J connectivity index is 1.54. The second-order valence-electron chi connectivity index (χ2n) is 7.83. The van der Waals surface area contributed by atoms with Gasteiger partial charge in [-0.3, -0.25) is 14.4 Å². The first-order valence-corrected chi connectivity index (χ1v) is 10.2. The number of ketones is 1. The molecule has 2 aromatic rings. The third-order valence-corrected chi connectivity index (χ3v) is 6.07. The number of imide groups is 1. The SMILES string of the molecule is C[C@H]1CC[C@@H]2C(=O)N(c3ccccc3OCC(=O)c3ccc(Cl)cc3)C(=O)[C@@H]2C1. The van der Waals surface area contributed by atoms with Crippen molar-refractivity contribution in [3.8, 4) is 5.75 Å². The van der Waals surface area contributed by atoms with Crippen LogP contribution in [0.3, 0.4) is 0 Å². The number of anilines is 1. The zero-order chi connectivity index (χ0) is 20.5. The number of benzene rings is 2. The first kappa shape index (κ1) is 19.6. The summed E-state index contributed by atoms with van der Waals surface area (Å²) in [7, 11) is 0. The van der Waals surface area contributed by atoms with Crippen LogP contribution in [0, 0.1) is 17.8 Å². The summed E-state index contributed by atoms with van der Waals surface area (Å²) >= 11 is 5.86. The Morgan fingerprint density at radius 3 is 2.48 bits per heavy atom. The van der Waals surface area contributed by atoms with Crippen LogP contribution in [-0.4, -0.2) is 24.2 Å². The molecule has 1 aliphatic carbocycles. The number of ether oxygens (including phenoxy) is 1. The van der Waals surface area contributed by atoms with Crippen molar-refractivity contribution in [1.29, 1.82) is 0 Å². The van der Waals surface area contributed by atoms with Crippen LogP contribution in [0.2, 0.25) is 5.02 Å². The van der Waals surface area contributed by atoms with Gasteiger partial charge in [-0.1, -0.05) is 30.7 Å². The van der Waals surface area contributed by atoms with Gasteiger partial charge in [-0.25, -0.2) is 4.90 Å². The fourth-order valence-electron chi connectivity index (χ4n) is 4.25. The zero-order valence-electron chi connectivity index (χ0n) is 16.1. The lowest BCUT2D eigenvalue weighted by Gasteiger charge is -2.25. The Hall–Kier alpha value is -2.66. The van der Waals surface area contributed by atoms with E-state index in [9.17, 15) is 14.4 Å². The molecule has 4 rings (SSSR count). The largest absolute Gasteiger partial charge is 0.483 e. The van der Waals surface area contributed by atoms with Gasteiger partial charge < -0.3 is 4.74 Å². The van der Waals surface area contributed by atoms with Crippen LogP contribution in [0.5, 0.6) is 5.75 Å². The van der Waals surface area contributed by atoms with Gasteiger partial charge in [-0.05, 0) is 61.6 Å². The number of carbonyl (C=O) groups excluding carboxylic acids is 3. The maximum atomic E-state index is 13.0. The summed E-state index contributed by atoms with van der Waals surface area (Å²) in [5, 5.41) is 0.551. The number of nitrogens with zero attached hydrogens (tertiary/aromatic N) is 1. The van der Waals surface area contributed by atoms with Gasteiger partial charge in [0.15, 0.2) is 12.4 Å². The number of fused-ring (bicyclic) bond motifs is 1. The second-order valence-corrected chi connectivity index (χ2v) is 8.27. The highest BCUT2D eigenvalue weighted by atomic mass is 35.5. The standard InChI is InChI=1S/C23H22ClNO4/c1-14-6-11-17-18(12-14)23(28)25(22(17)27)19-4-2-3-5-21(19)29-13-20(26)15-7-9-16(24)10-8-15/h2-5,7-10,14,17-18H,6,11-13H2,1H3/t14-,17-,18+/m0/s1. The van der Waals surface area contributed by atoms with E-state index in [0.717, 1.165) is 19.3 Å². The summed E-state index contributed by atoms with van der Waals surface area (Å²) in [4.78, 5) is 39.7. The van der Waals surface area contributed by atoms with Crippen molar-refractivity contribution in [2.75, 3.05) is 11.5 Å². The summed E-state index contributed by atoms with van der Waals surface area (Å²) in [6.07, 6.45) is 2.44. The highest BCUT2D eigenvalue weighted by Gasteiger charge is 2.50. The number of para-hydroxylation sites is 2. The van der Waals surface area contributed by atoms with Gasteiger partial charge in [0.1, 0.15) is 5.75 Å². The van der Waals surface area contributed by atoms with Gasteiger partial charge in [-0.15, -0.1) is 0 Å². The molecule has 29 heavy (non-hydrogen) atoms. The number of hydrogen-bond acceptors (Lipinski definition) is 4. The van der Waals surface area contributed by atoms with E-state index in [1.807, 2.05) is 0 Å². The van der Waals surface area contributed by atoms with Crippen LogP contribution < -0.4 is 9.64 Å². The van der Waals surface area contributed by atoms with Crippen LogP contribution in [0.15, 0.2) is 48.5 Å². The van der Waals surface area contributed by atoms with Gasteiger partial charge in [0, 0.05) is 10.6 Å². The molecular formula is C23H22ClNO4. The number of rotatable bonds is 5. The molecule has 1 heterocycles. The first-order chi connectivity index (χ1) is 14.0. The first-order valence-electron chi connectivity index (χ1n) is 9.84. The predicted octanol–water partition coefficient (Wildman–Crippen LogP) is 4.53. The van der Waals surface area contributed by atoms with Gasteiger partial charge in [-0.2, -0.15) is 0 Å². The van der Waals surface area contributed by atoms with Crippen LogP contribution in [-0.2, 0) is 9.59 Å². The lowest BCUT2D eigenvalue weighted by atomic mass is 9.76. The average Bonchev–Trinajstić information content (AvgIpc) is 2.96. The molecule has 2 aromatic carbocycles. The molecule has 1 aliphatic heterocycles. The maximum absolute atomic E-state index is 13.0. The molecule has 0 N–H and O–H groups in total. The number of amides is 2. The molecule has 0 unspecified atom stereocenters. The fourth-order valence-corrected chi connectivity index (χ4v) is 4.38. The van der Waals surface area contributed by atoms with Crippen molar-refractivity contribution in [1.82, 2.24) is 0 Å². The van der Waals surface area contributed by atoms with Crippen molar-refractivity contribution in [2.45, 2.75) is 26.2 Å². The van der Waals surface area contributed by atoms with Crippen molar-refractivity contribution in [2.24, 2.45) is 17.8 Å². The third kappa shape index (κ3) is 3.79. The normalized spacial score (nSPS) is 23.8. The molecule has 3 atom stereocenters. The summed E-state index contributed by atoms with van der Waals surface area (Å²) in [6, 6.07) is 13.5. The van der Waals surface area contributed by atoms with E-state index in [2.05, 4.69) is 6.92 Å². The molecule has 0 spiro atoms. The molecule has 2 amide bonds. The quantitative estimate of drug-likeness (QED) is 0.535. The average molecular weight is 412 g/mol. The molecular weight excluding hydrogens is 390 g/mol. The predicted molar refractivity (Wildman–Crippen MR) is 110 cm³/mol. The van der Waals surface area contributed by atoms with E-state index in [4.69, 9.17) is 16.3 Å². The third-order valence-electron chi connectivity index (χ3n) is 5.82. The van der Waals surface area contributed by atoms with Crippen molar-refractivity contribution < 1.29 is 19.1 Å². The fraction of sp³-hybridized carbons (Fsp3) is 0.348. The lowest BCUT2D eigenvalue weighted by Crippen LogP contribution is -2.31. The van der Waals surface area contributed by atoms with E-state index in [0.29, 0.717) is 27.9 Å². The number of halogens is 1. The van der Waals surface area contributed by atoms with Gasteiger partial charge in [0.05, 0.1) is 17.5 Å². The van der Waals surface area contributed by atoms with Crippen molar-refractivity contribution in [3.05, 3.63) is 59.1 Å². The highest BCUT2D eigenvalue weighted by Crippen LogP contribution is 2.44. The molecule has 0 bridgehead atoms. The topological polar surface area (TPSA) is 63.7 Å². The molecule has 1 saturated heterocycles. The van der Waals surface area contributed by atoms with E-state index in [1.54, 1.807) is 48.5 Å². The Kier molecular flexibility index (Phi) is 5.41. The van der Waals surface area contributed by atoms with Crippen molar-refractivity contribution in [3.63, 3.8) is 0 Å². The minimum atomic E-state index is -0.255. The molecule has 0 radical (unpaired) electrons. The smallest absolute Gasteiger partial charge is 0.237 e. The minimum absolute atomic E-state index is 0.160. The maximum Gasteiger partial charge on any atom is 0.237 e. The summed E-state index contributed by atoms with van der Waals surface area (Å²) in [5.74, 6) is -0.242. The molecule has 150 valence electrons. The number of Topliss-reactive ketones (excluding diaryl/α,β-unsaturated/α-hetero) is 1. The van der Waals surface area contributed by atoms with E-state index >= 15 is 0 Å². The highest BCUT2D eigenvalue weighted by molar-refractivity contribution is 6.30. The van der Waals surface area contributed by atoms with Gasteiger partial charge in [0.2, 0.25) is 11.8 Å². The lowest BCUT2D eigenvalue weighted by molar-refractivity contribution is -0.122. The molecule has 5 nitrogen and oxygen atoms in total. The Labute approximate surface area is 174 Å². The number of hydrogen-bond donors (Lipinski definition) is 0. The molecule has 0 aromatic heterocycles. The molecule has 2 fully saturated rings. The van der Waals surface area contributed by atoms with Crippen molar-refractivity contribution >= 4 is 34.9 Å². The zero-order valence-corrected chi connectivity index (χ0v) is 16.9. The molecule has 6 heteroatoms. The molecule has 1 saturated carbocycles. The van der Waals surface area contributed by atoms with Gasteiger partial charge >= 0.3 is 0 Å². The summed E-state index contributed by atoms with van der Waals surface area (Å²) < 4.78 is 5.74. The monoisotopic (exact) mass is 411 g/mol. The van der Waals surface area contributed by atoms with E-state index in [-0.39, 0.29) is 36.0 Å². The minimum Gasteiger partial charge on any atom is -0.483 e. The Morgan fingerprint density at radius 2 is 1.72 bits per heavy atom. The van der Waals surface area contributed by atoms with Crippen LogP contribution >= 0.6 is 11.6 Å². The Morgan fingerprint density at radius 1 is 1.03 bits per heavy atom. The van der Waals surface area contributed by atoms with E-state index < -0.39 is 0 Å². The summed E-state index contributed by atoms with van der Waals surface area (Å²) in [6.45, 7) is 1.93. The van der Waals surface area contributed by atoms with Crippen LogP contribution in [0.4, 0.5) is 5.69 Å². The summed E-state index contributed by atoms with van der Waals surface area (Å²) in [5.41, 5.74) is 0.897. The second kappa shape index (κ2) is 7.99. The van der Waals surface area contributed by atoms with Crippen LogP contribution in [0.25, 0.3) is 0 Å². The number of carbonyl (C=O) groups is 3. The van der Waals surface area contributed by atoms with Crippen LogP contribution in [0.1, 0.15) is 36.5 Å². The Bertz CT molecular complexity index is 956.